The third kappa shape index (κ3) is 1.07. The molecule has 70 valence electrons. The third-order valence-electron chi connectivity index (χ3n) is 2.73. The summed E-state index contributed by atoms with van der Waals surface area (Å²) < 4.78 is 15.8. The van der Waals surface area contributed by atoms with Crippen LogP contribution in [-0.4, -0.2) is 43.4 Å². The average Bonchev–Trinajstić information content (AvgIpc) is 2.81. The molecule has 0 bridgehead atoms. The first kappa shape index (κ1) is 8.44. The Labute approximate surface area is 71.4 Å². The number of hydrogen-bond donors (Lipinski definition) is 1. The van der Waals surface area contributed by atoms with Crippen LogP contribution in [0.5, 0.6) is 0 Å². The summed E-state index contributed by atoms with van der Waals surface area (Å²) in [6, 6.07) is 0. The van der Waals surface area contributed by atoms with E-state index in [1.807, 2.05) is 0 Å². The summed E-state index contributed by atoms with van der Waals surface area (Å²) in [5.41, 5.74) is 0. The second-order valence-electron chi connectivity index (χ2n) is 3.41. The second kappa shape index (κ2) is 2.67. The fourth-order valence-corrected chi connectivity index (χ4v) is 1.99. The molecule has 1 N–H and O–H groups in total. The van der Waals surface area contributed by atoms with E-state index < -0.39 is 5.79 Å². The lowest BCUT2D eigenvalue weighted by Crippen LogP contribution is -2.47. The monoisotopic (exact) mass is 174 g/mol. The lowest BCUT2D eigenvalue weighted by atomic mass is 9.92. The van der Waals surface area contributed by atoms with Crippen molar-refractivity contribution in [2.24, 2.45) is 0 Å². The molecule has 3 atom stereocenters. The van der Waals surface area contributed by atoms with Gasteiger partial charge in [0.25, 0.3) is 0 Å². The fourth-order valence-electron chi connectivity index (χ4n) is 1.99. The number of fused-ring (bicyclic) bond motifs is 1. The molecule has 1 aliphatic heterocycles. The van der Waals surface area contributed by atoms with Gasteiger partial charge >= 0.3 is 0 Å². The second-order valence-corrected chi connectivity index (χ2v) is 3.41. The molecule has 2 fully saturated rings. The maximum Gasteiger partial charge on any atom is 0.199 e. The smallest absolute Gasteiger partial charge is 0.199 e. The van der Waals surface area contributed by atoms with Crippen LogP contribution in [0, 0.1) is 0 Å². The molecule has 1 aliphatic carbocycles. The zero-order valence-electron chi connectivity index (χ0n) is 7.32. The van der Waals surface area contributed by atoms with Gasteiger partial charge in [-0.3, -0.25) is 0 Å². The van der Waals surface area contributed by atoms with Crippen LogP contribution < -0.4 is 0 Å². The van der Waals surface area contributed by atoms with Crippen molar-refractivity contribution in [3.8, 4) is 0 Å². The largest absolute Gasteiger partial charge is 0.393 e. The zero-order valence-corrected chi connectivity index (χ0v) is 7.32. The summed E-state index contributed by atoms with van der Waals surface area (Å²) in [7, 11) is 3.17. The van der Waals surface area contributed by atoms with Crippen LogP contribution in [0.1, 0.15) is 12.8 Å². The van der Waals surface area contributed by atoms with E-state index >= 15 is 0 Å². The van der Waals surface area contributed by atoms with Crippen molar-refractivity contribution in [1.82, 2.24) is 0 Å². The van der Waals surface area contributed by atoms with Gasteiger partial charge in [0.2, 0.25) is 0 Å². The van der Waals surface area contributed by atoms with Gasteiger partial charge in [-0.15, -0.1) is 0 Å². The summed E-state index contributed by atoms with van der Waals surface area (Å²) in [4.78, 5) is 0. The van der Waals surface area contributed by atoms with E-state index in [-0.39, 0.29) is 18.3 Å². The molecule has 2 aliphatic rings. The van der Waals surface area contributed by atoms with Gasteiger partial charge in [0.05, 0.1) is 12.2 Å². The quantitative estimate of drug-likeness (QED) is 0.469. The number of methoxy groups -OCH3 is 2. The van der Waals surface area contributed by atoms with Crippen molar-refractivity contribution in [3.05, 3.63) is 0 Å². The molecule has 0 aromatic rings. The first-order valence-corrected chi connectivity index (χ1v) is 4.15. The Balaban J connectivity index is 2.12. The Morgan fingerprint density at radius 1 is 1.42 bits per heavy atom. The molecule has 4 nitrogen and oxygen atoms in total. The highest BCUT2D eigenvalue weighted by Crippen LogP contribution is 2.45. The van der Waals surface area contributed by atoms with Crippen LogP contribution in [0.15, 0.2) is 0 Å². The van der Waals surface area contributed by atoms with Crippen LogP contribution in [-0.2, 0) is 14.2 Å². The molecule has 2 rings (SSSR count). The molecule has 0 aromatic carbocycles. The Hall–Kier alpha value is -0.160. The molecule has 0 amide bonds. The summed E-state index contributed by atoms with van der Waals surface area (Å²) in [5, 5.41) is 9.46. The zero-order chi connectivity index (χ0) is 8.77. The van der Waals surface area contributed by atoms with E-state index in [1.165, 1.54) is 0 Å². The molecule has 0 aromatic heterocycles. The minimum atomic E-state index is -0.706. The van der Waals surface area contributed by atoms with Gasteiger partial charge in [0, 0.05) is 27.1 Å². The van der Waals surface area contributed by atoms with Gasteiger partial charge in [0.15, 0.2) is 5.79 Å². The summed E-state index contributed by atoms with van der Waals surface area (Å²) >= 11 is 0. The highest BCUT2D eigenvalue weighted by molar-refractivity contribution is 5.03. The molecule has 12 heavy (non-hydrogen) atoms. The number of aliphatic hydroxyl groups excluding tert-OH is 1. The van der Waals surface area contributed by atoms with E-state index in [2.05, 4.69) is 0 Å². The average molecular weight is 174 g/mol. The lowest BCUT2D eigenvalue weighted by Gasteiger charge is -2.33. The maximum atomic E-state index is 9.46. The SMILES string of the molecule is COC1(OC)C[C@@H](O)C[C@@H]2O[C@@H]21. The Kier molecular flexibility index (Phi) is 1.88. The maximum absolute atomic E-state index is 9.46. The van der Waals surface area contributed by atoms with Crippen molar-refractivity contribution in [1.29, 1.82) is 0 Å². The van der Waals surface area contributed by atoms with Crippen LogP contribution in [0.2, 0.25) is 0 Å². The predicted molar refractivity (Wildman–Crippen MR) is 40.7 cm³/mol. The Morgan fingerprint density at radius 3 is 2.67 bits per heavy atom. The molecule has 1 saturated carbocycles. The van der Waals surface area contributed by atoms with Crippen molar-refractivity contribution in [2.75, 3.05) is 14.2 Å². The molecule has 4 heteroatoms. The van der Waals surface area contributed by atoms with Crippen LogP contribution in [0.3, 0.4) is 0 Å². The van der Waals surface area contributed by atoms with Crippen LogP contribution in [0.25, 0.3) is 0 Å². The van der Waals surface area contributed by atoms with Crippen LogP contribution >= 0.6 is 0 Å². The predicted octanol–water partition coefficient (Wildman–Crippen LogP) is -0.102. The van der Waals surface area contributed by atoms with E-state index in [1.54, 1.807) is 14.2 Å². The number of aliphatic hydroxyl groups is 1. The molecular weight excluding hydrogens is 160 g/mol. The molecule has 0 spiro atoms. The minimum absolute atomic E-state index is 0.0240. The summed E-state index contributed by atoms with van der Waals surface area (Å²) in [6.07, 6.45) is 0.999. The number of rotatable bonds is 2. The van der Waals surface area contributed by atoms with Gasteiger partial charge < -0.3 is 19.3 Å². The normalized spacial score (nSPS) is 43.8. The van der Waals surface area contributed by atoms with E-state index in [9.17, 15) is 5.11 Å². The Morgan fingerprint density at radius 2 is 2.08 bits per heavy atom. The summed E-state index contributed by atoms with van der Waals surface area (Å²) in [5.74, 6) is -0.706. The number of ether oxygens (including phenoxy) is 3. The Bertz CT molecular complexity index is 178. The number of epoxide rings is 1. The van der Waals surface area contributed by atoms with E-state index in [0.717, 1.165) is 0 Å². The molecule has 1 saturated heterocycles. The van der Waals surface area contributed by atoms with Gasteiger partial charge in [-0.25, -0.2) is 0 Å². The third-order valence-corrected chi connectivity index (χ3v) is 2.73. The van der Waals surface area contributed by atoms with Crippen LogP contribution in [0.4, 0.5) is 0 Å². The topological polar surface area (TPSA) is 51.2 Å². The molecule has 1 heterocycles. The summed E-state index contributed by atoms with van der Waals surface area (Å²) in [6.45, 7) is 0. The molecule has 0 radical (unpaired) electrons. The van der Waals surface area contributed by atoms with Crippen molar-refractivity contribution < 1.29 is 19.3 Å². The van der Waals surface area contributed by atoms with Gasteiger partial charge in [-0.1, -0.05) is 0 Å². The van der Waals surface area contributed by atoms with Crippen molar-refractivity contribution in [3.63, 3.8) is 0 Å². The molecular formula is C8H14O4. The number of hydrogen-bond acceptors (Lipinski definition) is 4. The standard InChI is InChI=1S/C8H14O4/c1-10-8(11-2)4-5(9)3-6-7(8)12-6/h5-7,9H,3-4H2,1-2H3/t5-,6-,7-/m0/s1. The minimum Gasteiger partial charge on any atom is -0.393 e. The highest BCUT2D eigenvalue weighted by atomic mass is 16.7. The first-order chi connectivity index (χ1) is 5.72. The van der Waals surface area contributed by atoms with Gasteiger partial charge in [-0.2, -0.15) is 0 Å². The first-order valence-electron chi connectivity index (χ1n) is 4.15. The van der Waals surface area contributed by atoms with Crippen molar-refractivity contribution >= 4 is 0 Å². The van der Waals surface area contributed by atoms with Crippen molar-refractivity contribution in [2.45, 2.75) is 36.9 Å². The fraction of sp³-hybridized carbons (Fsp3) is 1.00. The van der Waals surface area contributed by atoms with Gasteiger partial charge in [0.1, 0.15) is 6.10 Å². The van der Waals surface area contributed by atoms with E-state index in [0.29, 0.717) is 12.8 Å². The van der Waals surface area contributed by atoms with E-state index in [4.69, 9.17) is 14.2 Å². The lowest BCUT2D eigenvalue weighted by molar-refractivity contribution is -0.237. The highest BCUT2D eigenvalue weighted by Gasteiger charge is 2.60. The molecule has 0 unspecified atom stereocenters. The van der Waals surface area contributed by atoms with Gasteiger partial charge in [-0.05, 0) is 0 Å².